The van der Waals surface area contributed by atoms with Crippen molar-refractivity contribution in [1.29, 1.82) is 0 Å². The Morgan fingerprint density at radius 2 is 2.04 bits per heavy atom. The van der Waals surface area contributed by atoms with E-state index in [2.05, 4.69) is 10.2 Å². The van der Waals surface area contributed by atoms with Crippen LogP contribution in [0, 0.1) is 6.92 Å². The van der Waals surface area contributed by atoms with Gasteiger partial charge in [-0.1, -0.05) is 29.8 Å². The van der Waals surface area contributed by atoms with E-state index in [1.807, 2.05) is 49.4 Å². The molecule has 1 amide bonds. The largest absolute Gasteiger partial charge is 0.495 e. The van der Waals surface area contributed by atoms with Gasteiger partial charge in [-0.2, -0.15) is 0 Å². The Bertz CT molecular complexity index is 746. The molecule has 1 saturated heterocycles. The van der Waals surface area contributed by atoms with Gasteiger partial charge in [0.1, 0.15) is 5.75 Å². The molecule has 1 fully saturated rings. The Labute approximate surface area is 153 Å². The number of ether oxygens (including phenoxy) is 1. The topological polar surface area (TPSA) is 41.6 Å². The van der Waals surface area contributed by atoms with E-state index in [-0.39, 0.29) is 11.9 Å². The van der Waals surface area contributed by atoms with E-state index in [1.165, 1.54) is 5.56 Å². The molecule has 25 heavy (non-hydrogen) atoms. The fourth-order valence-corrected chi connectivity index (χ4v) is 3.50. The summed E-state index contributed by atoms with van der Waals surface area (Å²) in [6.07, 6.45) is 2.15. The lowest BCUT2D eigenvalue weighted by molar-refractivity contribution is -0.117. The molecule has 0 bridgehead atoms. The molecule has 132 valence electrons. The quantitative estimate of drug-likeness (QED) is 0.859. The zero-order chi connectivity index (χ0) is 17.8. The van der Waals surface area contributed by atoms with E-state index in [4.69, 9.17) is 16.3 Å². The maximum atomic E-state index is 12.5. The van der Waals surface area contributed by atoms with Gasteiger partial charge >= 0.3 is 0 Å². The molecule has 0 spiro atoms. The number of carbonyl (C=O) groups is 1. The standard InChI is InChI=1S/C20H23ClN2O2/c1-14-5-10-19(25-2)17(12-14)22-20(24)13-23-11-3-4-18(23)15-6-8-16(21)9-7-15/h5-10,12,18H,3-4,11,13H2,1-2H3,(H,22,24)/t18-/m1/s1. The van der Waals surface area contributed by atoms with Crippen LogP contribution in [0.15, 0.2) is 42.5 Å². The second kappa shape index (κ2) is 7.89. The molecule has 4 nitrogen and oxygen atoms in total. The minimum atomic E-state index is -0.0234. The number of hydrogen-bond donors (Lipinski definition) is 1. The van der Waals surface area contributed by atoms with Crippen LogP contribution >= 0.6 is 11.6 Å². The molecule has 2 aromatic rings. The van der Waals surface area contributed by atoms with E-state index < -0.39 is 0 Å². The predicted molar refractivity (Wildman–Crippen MR) is 101 cm³/mol. The molecule has 0 aliphatic carbocycles. The molecule has 0 unspecified atom stereocenters. The molecule has 1 N–H and O–H groups in total. The highest BCUT2D eigenvalue weighted by atomic mass is 35.5. The van der Waals surface area contributed by atoms with Crippen molar-refractivity contribution in [2.75, 3.05) is 25.5 Å². The van der Waals surface area contributed by atoms with Crippen LogP contribution in [0.2, 0.25) is 5.02 Å². The van der Waals surface area contributed by atoms with Crippen LogP contribution in [-0.4, -0.2) is 31.0 Å². The lowest BCUT2D eigenvalue weighted by Crippen LogP contribution is -2.33. The number of anilines is 1. The van der Waals surface area contributed by atoms with Gasteiger partial charge in [0, 0.05) is 11.1 Å². The second-order valence-corrected chi connectivity index (χ2v) is 6.87. The molecule has 0 radical (unpaired) electrons. The van der Waals surface area contributed by atoms with Gasteiger partial charge in [0.05, 0.1) is 19.3 Å². The number of halogens is 1. The lowest BCUT2D eigenvalue weighted by atomic mass is 10.0. The first-order chi connectivity index (χ1) is 12.1. The van der Waals surface area contributed by atoms with Gasteiger partial charge in [0.15, 0.2) is 0 Å². The third kappa shape index (κ3) is 4.33. The van der Waals surface area contributed by atoms with Crippen molar-refractivity contribution in [1.82, 2.24) is 4.90 Å². The van der Waals surface area contributed by atoms with E-state index in [0.717, 1.165) is 35.7 Å². The molecule has 5 heteroatoms. The predicted octanol–water partition coefficient (Wildman–Crippen LogP) is 4.43. The molecular weight excluding hydrogens is 336 g/mol. The van der Waals surface area contributed by atoms with Crippen molar-refractivity contribution in [2.24, 2.45) is 0 Å². The maximum absolute atomic E-state index is 12.5. The highest BCUT2D eigenvalue weighted by Gasteiger charge is 2.27. The third-order valence-electron chi connectivity index (χ3n) is 4.59. The number of rotatable bonds is 5. The number of benzene rings is 2. The van der Waals surface area contributed by atoms with Gasteiger partial charge in [0.2, 0.25) is 5.91 Å². The molecule has 1 aliphatic rings. The molecule has 1 atom stereocenters. The summed E-state index contributed by atoms with van der Waals surface area (Å²) in [5.74, 6) is 0.652. The molecule has 0 aromatic heterocycles. The fraction of sp³-hybridized carbons (Fsp3) is 0.350. The van der Waals surface area contributed by atoms with Crippen molar-refractivity contribution >= 4 is 23.2 Å². The maximum Gasteiger partial charge on any atom is 0.238 e. The Morgan fingerprint density at radius 3 is 2.76 bits per heavy atom. The van der Waals surface area contributed by atoms with Gasteiger partial charge < -0.3 is 10.1 Å². The van der Waals surface area contributed by atoms with Crippen LogP contribution in [0.5, 0.6) is 5.75 Å². The Kier molecular flexibility index (Phi) is 5.61. The number of nitrogens with one attached hydrogen (secondary N) is 1. The number of nitrogens with zero attached hydrogens (tertiary/aromatic N) is 1. The monoisotopic (exact) mass is 358 g/mol. The second-order valence-electron chi connectivity index (χ2n) is 6.43. The minimum absolute atomic E-state index is 0.0234. The third-order valence-corrected chi connectivity index (χ3v) is 4.85. The zero-order valence-electron chi connectivity index (χ0n) is 14.6. The van der Waals surface area contributed by atoms with E-state index in [0.29, 0.717) is 12.3 Å². The van der Waals surface area contributed by atoms with Crippen molar-refractivity contribution in [2.45, 2.75) is 25.8 Å². The fourth-order valence-electron chi connectivity index (χ4n) is 3.37. The Hall–Kier alpha value is -2.04. The molecule has 1 aliphatic heterocycles. The number of carbonyl (C=O) groups excluding carboxylic acids is 1. The number of hydrogen-bond acceptors (Lipinski definition) is 3. The van der Waals surface area contributed by atoms with E-state index in [1.54, 1.807) is 7.11 Å². The summed E-state index contributed by atoms with van der Waals surface area (Å²) in [5, 5.41) is 3.72. The molecular formula is C20H23ClN2O2. The smallest absolute Gasteiger partial charge is 0.238 e. The number of methoxy groups -OCH3 is 1. The molecule has 1 heterocycles. The number of aryl methyl sites for hydroxylation is 1. The van der Waals surface area contributed by atoms with Crippen LogP contribution < -0.4 is 10.1 Å². The SMILES string of the molecule is COc1ccc(C)cc1NC(=O)CN1CCC[C@@H]1c1ccc(Cl)cc1. The molecule has 3 rings (SSSR count). The van der Waals surface area contributed by atoms with Crippen molar-refractivity contribution < 1.29 is 9.53 Å². The first-order valence-electron chi connectivity index (χ1n) is 8.51. The van der Waals surface area contributed by atoms with Gasteiger partial charge in [-0.3, -0.25) is 9.69 Å². The van der Waals surface area contributed by atoms with Gasteiger partial charge in [-0.25, -0.2) is 0 Å². The number of likely N-dealkylation sites (tertiary alicyclic amines) is 1. The summed E-state index contributed by atoms with van der Waals surface area (Å²) in [5.41, 5.74) is 3.01. The normalized spacial score (nSPS) is 17.5. The van der Waals surface area contributed by atoms with Crippen molar-refractivity contribution in [3.05, 3.63) is 58.6 Å². The van der Waals surface area contributed by atoms with Gasteiger partial charge in [0.25, 0.3) is 0 Å². The van der Waals surface area contributed by atoms with Crippen LogP contribution in [-0.2, 0) is 4.79 Å². The molecule has 0 saturated carbocycles. The summed E-state index contributed by atoms with van der Waals surface area (Å²) in [4.78, 5) is 14.8. The summed E-state index contributed by atoms with van der Waals surface area (Å²) < 4.78 is 5.33. The van der Waals surface area contributed by atoms with Gasteiger partial charge in [-0.05, 0) is 61.7 Å². The van der Waals surface area contributed by atoms with Crippen LogP contribution in [0.1, 0.15) is 30.0 Å². The molecule has 2 aromatic carbocycles. The average Bonchev–Trinajstić information content (AvgIpc) is 3.03. The minimum Gasteiger partial charge on any atom is -0.495 e. The average molecular weight is 359 g/mol. The zero-order valence-corrected chi connectivity index (χ0v) is 15.3. The number of amides is 1. The summed E-state index contributed by atoms with van der Waals surface area (Å²) in [6, 6.07) is 13.9. The lowest BCUT2D eigenvalue weighted by Gasteiger charge is -2.24. The highest BCUT2D eigenvalue weighted by molar-refractivity contribution is 6.30. The summed E-state index contributed by atoms with van der Waals surface area (Å²) in [6.45, 7) is 3.28. The Balaban J connectivity index is 1.68. The first kappa shape index (κ1) is 17.8. The van der Waals surface area contributed by atoms with Crippen molar-refractivity contribution in [3.63, 3.8) is 0 Å². The first-order valence-corrected chi connectivity index (χ1v) is 8.88. The highest BCUT2D eigenvalue weighted by Crippen LogP contribution is 2.32. The van der Waals surface area contributed by atoms with Gasteiger partial charge in [-0.15, -0.1) is 0 Å². The van der Waals surface area contributed by atoms with Crippen LogP contribution in [0.3, 0.4) is 0 Å². The van der Waals surface area contributed by atoms with E-state index >= 15 is 0 Å². The van der Waals surface area contributed by atoms with Crippen molar-refractivity contribution in [3.8, 4) is 5.75 Å². The summed E-state index contributed by atoms with van der Waals surface area (Å²) in [7, 11) is 1.61. The summed E-state index contributed by atoms with van der Waals surface area (Å²) >= 11 is 5.98. The van der Waals surface area contributed by atoms with E-state index in [9.17, 15) is 4.79 Å². The van der Waals surface area contributed by atoms with Crippen LogP contribution in [0.4, 0.5) is 5.69 Å². The van der Waals surface area contributed by atoms with Crippen LogP contribution in [0.25, 0.3) is 0 Å². The Morgan fingerprint density at radius 1 is 1.28 bits per heavy atom.